The van der Waals surface area contributed by atoms with E-state index >= 15 is 0 Å². The molecule has 2 rings (SSSR count). The lowest BCUT2D eigenvalue weighted by atomic mass is 10.0. The van der Waals surface area contributed by atoms with Gasteiger partial charge in [0.25, 0.3) is 5.91 Å². The van der Waals surface area contributed by atoms with E-state index in [4.69, 9.17) is 11.6 Å². The minimum absolute atomic E-state index is 0.174. The second-order valence-corrected chi connectivity index (χ2v) is 6.52. The van der Waals surface area contributed by atoms with Gasteiger partial charge in [0.05, 0.1) is 10.6 Å². The second-order valence-electron chi connectivity index (χ2n) is 6.12. The Balaban J connectivity index is 2.03. The predicted molar refractivity (Wildman–Crippen MR) is 97.4 cm³/mol. The molecule has 6 heteroatoms. The average molecular weight is 363 g/mol. The first-order valence-electron chi connectivity index (χ1n) is 7.84. The van der Waals surface area contributed by atoms with Crippen LogP contribution in [0.15, 0.2) is 42.5 Å². The maximum Gasteiger partial charge on any atom is 0.254 e. The standard InChI is InChI=1S/C19H20ClFN2O2/c1-12(10-13-4-6-14(21)7-5-13)18(24)22-15-8-9-16(17(20)11-15)19(25)23(2)3/h4-9,11-12H,10H2,1-3H3,(H,22,24). The summed E-state index contributed by atoms with van der Waals surface area (Å²) in [4.78, 5) is 25.7. The SMILES string of the molecule is CC(Cc1ccc(F)cc1)C(=O)Nc1ccc(C(=O)N(C)C)c(Cl)c1. The van der Waals surface area contributed by atoms with E-state index in [9.17, 15) is 14.0 Å². The lowest BCUT2D eigenvalue weighted by Gasteiger charge is -2.15. The van der Waals surface area contributed by atoms with Gasteiger partial charge >= 0.3 is 0 Å². The normalized spacial score (nSPS) is 11.7. The van der Waals surface area contributed by atoms with Gasteiger partial charge in [0.15, 0.2) is 0 Å². The minimum Gasteiger partial charge on any atom is -0.345 e. The van der Waals surface area contributed by atoms with Gasteiger partial charge in [0.2, 0.25) is 5.91 Å². The van der Waals surface area contributed by atoms with E-state index < -0.39 is 0 Å². The Morgan fingerprint density at radius 2 is 1.80 bits per heavy atom. The monoisotopic (exact) mass is 362 g/mol. The first-order valence-corrected chi connectivity index (χ1v) is 8.22. The van der Waals surface area contributed by atoms with Crippen molar-refractivity contribution in [3.8, 4) is 0 Å². The molecule has 0 spiro atoms. The van der Waals surface area contributed by atoms with E-state index in [1.165, 1.54) is 17.0 Å². The fraction of sp³-hybridized carbons (Fsp3) is 0.263. The van der Waals surface area contributed by atoms with Gasteiger partial charge in [-0.1, -0.05) is 30.7 Å². The molecule has 0 saturated heterocycles. The van der Waals surface area contributed by atoms with Crippen LogP contribution in [-0.2, 0) is 11.2 Å². The topological polar surface area (TPSA) is 49.4 Å². The molecule has 132 valence electrons. The molecule has 0 aromatic heterocycles. The van der Waals surface area contributed by atoms with Crippen molar-refractivity contribution in [1.29, 1.82) is 0 Å². The first kappa shape index (κ1) is 18.9. The smallest absolute Gasteiger partial charge is 0.254 e. The van der Waals surface area contributed by atoms with Gasteiger partial charge in [-0.3, -0.25) is 9.59 Å². The minimum atomic E-state index is -0.303. The number of anilines is 1. The zero-order valence-corrected chi connectivity index (χ0v) is 15.1. The quantitative estimate of drug-likeness (QED) is 0.874. The van der Waals surface area contributed by atoms with Crippen molar-refractivity contribution in [2.24, 2.45) is 5.92 Å². The van der Waals surface area contributed by atoms with Crippen molar-refractivity contribution in [2.45, 2.75) is 13.3 Å². The molecule has 0 radical (unpaired) electrons. The number of hydrogen-bond acceptors (Lipinski definition) is 2. The highest BCUT2D eigenvalue weighted by atomic mass is 35.5. The molecular weight excluding hydrogens is 343 g/mol. The summed E-state index contributed by atoms with van der Waals surface area (Å²) in [6.45, 7) is 1.80. The fourth-order valence-corrected chi connectivity index (χ4v) is 2.60. The Bertz CT molecular complexity index is 775. The number of carbonyl (C=O) groups excluding carboxylic acids is 2. The van der Waals surface area contributed by atoms with Crippen molar-refractivity contribution in [3.63, 3.8) is 0 Å². The van der Waals surface area contributed by atoms with Gasteiger partial charge in [-0.15, -0.1) is 0 Å². The van der Waals surface area contributed by atoms with Crippen LogP contribution in [0.3, 0.4) is 0 Å². The van der Waals surface area contributed by atoms with Gasteiger partial charge in [-0.25, -0.2) is 4.39 Å². The molecule has 0 aliphatic rings. The van der Waals surface area contributed by atoms with Crippen LogP contribution < -0.4 is 5.32 Å². The van der Waals surface area contributed by atoms with Crippen molar-refractivity contribution in [2.75, 3.05) is 19.4 Å². The van der Waals surface area contributed by atoms with Crippen LogP contribution in [0.4, 0.5) is 10.1 Å². The first-order chi connectivity index (χ1) is 11.8. The summed E-state index contributed by atoms with van der Waals surface area (Å²) in [6.07, 6.45) is 0.497. The Labute approximate surface area is 151 Å². The third-order valence-corrected chi connectivity index (χ3v) is 4.09. The lowest BCUT2D eigenvalue weighted by molar-refractivity contribution is -0.119. The molecule has 2 aromatic rings. The van der Waals surface area contributed by atoms with Crippen LogP contribution in [0.1, 0.15) is 22.8 Å². The molecule has 4 nitrogen and oxygen atoms in total. The number of rotatable bonds is 5. The summed E-state index contributed by atoms with van der Waals surface area (Å²) >= 11 is 6.14. The summed E-state index contributed by atoms with van der Waals surface area (Å²) in [5, 5.41) is 3.07. The Kier molecular flexibility index (Phi) is 6.15. The predicted octanol–water partition coefficient (Wildman–Crippen LogP) is 4.00. The van der Waals surface area contributed by atoms with E-state index in [2.05, 4.69) is 5.32 Å². The maximum absolute atomic E-state index is 12.9. The number of carbonyl (C=O) groups is 2. The highest BCUT2D eigenvalue weighted by molar-refractivity contribution is 6.34. The molecule has 0 saturated carbocycles. The van der Waals surface area contributed by atoms with Crippen LogP contribution in [-0.4, -0.2) is 30.8 Å². The van der Waals surface area contributed by atoms with Crippen molar-refractivity contribution in [1.82, 2.24) is 4.90 Å². The van der Waals surface area contributed by atoms with Gasteiger partial charge in [-0.2, -0.15) is 0 Å². The Morgan fingerprint density at radius 1 is 1.16 bits per heavy atom. The summed E-state index contributed by atoms with van der Waals surface area (Å²) in [6, 6.07) is 10.9. The molecule has 2 amide bonds. The number of nitrogens with zero attached hydrogens (tertiary/aromatic N) is 1. The van der Waals surface area contributed by atoms with Gasteiger partial charge < -0.3 is 10.2 Å². The summed E-state index contributed by atoms with van der Waals surface area (Å²) in [7, 11) is 3.29. The molecular formula is C19H20ClFN2O2. The molecule has 2 aromatic carbocycles. The van der Waals surface area contributed by atoms with E-state index in [1.54, 1.807) is 51.4 Å². The molecule has 25 heavy (non-hydrogen) atoms. The number of nitrogens with one attached hydrogen (secondary N) is 1. The number of hydrogen-bond donors (Lipinski definition) is 1. The molecule has 1 atom stereocenters. The molecule has 0 fully saturated rings. The van der Waals surface area contributed by atoms with Crippen LogP contribution in [0.2, 0.25) is 5.02 Å². The van der Waals surface area contributed by atoms with Gasteiger partial charge in [-0.05, 0) is 42.3 Å². The number of amides is 2. The maximum atomic E-state index is 12.9. The third kappa shape index (κ3) is 5.03. The second kappa shape index (κ2) is 8.12. The van der Waals surface area contributed by atoms with E-state index in [1.807, 2.05) is 0 Å². The van der Waals surface area contributed by atoms with E-state index in [0.717, 1.165) is 5.56 Å². The van der Waals surface area contributed by atoms with Crippen molar-refractivity contribution in [3.05, 3.63) is 64.4 Å². The largest absolute Gasteiger partial charge is 0.345 e. The highest BCUT2D eigenvalue weighted by Crippen LogP contribution is 2.23. The summed E-state index contributed by atoms with van der Waals surface area (Å²) in [5.74, 6) is -0.977. The van der Waals surface area contributed by atoms with Crippen molar-refractivity contribution >= 4 is 29.1 Å². The van der Waals surface area contributed by atoms with Crippen LogP contribution in [0.25, 0.3) is 0 Å². The Morgan fingerprint density at radius 3 is 2.36 bits per heavy atom. The molecule has 1 N–H and O–H groups in total. The molecule has 0 bridgehead atoms. The van der Waals surface area contributed by atoms with Crippen LogP contribution >= 0.6 is 11.6 Å². The summed E-state index contributed by atoms with van der Waals surface area (Å²) < 4.78 is 12.9. The van der Waals surface area contributed by atoms with E-state index in [-0.39, 0.29) is 28.6 Å². The third-order valence-electron chi connectivity index (χ3n) is 3.78. The number of benzene rings is 2. The summed E-state index contributed by atoms with van der Waals surface area (Å²) in [5.41, 5.74) is 1.79. The average Bonchev–Trinajstić information content (AvgIpc) is 2.56. The van der Waals surface area contributed by atoms with Gasteiger partial charge in [0.1, 0.15) is 5.82 Å². The molecule has 0 aliphatic heterocycles. The van der Waals surface area contributed by atoms with Gasteiger partial charge in [0, 0.05) is 25.7 Å². The highest BCUT2D eigenvalue weighted by Gasteiger charge is 2.16. The molecule has 1 unspecified atom stereocenters. The zero-order valence-electron chi connectivity index (χ0n) is 14.3. The number of halogens is 2. The fourth-order valence-electron chi connectivity index (χ4n) is 2.34. The zero-order chi connectivity index (χ0) is 18.6. The van der Waals surface area contributed by atoms with Crippen LogP contribution in [0, 0.1) is 11.7 Å². The van der Waals surface area contributed by atoms with Crippen molar-refractivity contribution < 1.29 is 14.0 Å². The molecule has 0 aliphatic carbocycles. The van der Waals surface area contributed by atoms with Crippen LogP contribution in [0.5, 0.6) is 0 Å². The Hall–Kier alpha value is -2.40. The van der Waals surface area contributed by atoms with E-state index in [0.29, 0.717) is 17.7 Å². The molecule has 0 heterocycles. The lowest BCUT2D eigenvalue weighted by Crippen LogP contribution is -2.23.